The molecular weight excluding hydrogens is 408 g/mol. The van der Waals surface area contributed by atoms with Gasteiger partial charge in [-0.2, -0.15) is 0 Å². The molecule has 0 atom stereocenters. The van der Waals surface area contributed by atoms with Crippen LogP contribution in [0.15, 0.2) is 47.5 Å². The number of ether oxygens (including phenoxy) is 2. The van der Waals surface area contributed by atoms with Crippen LogP contribution in [0.1, 0.15) is 50.3 Å². The van der Waals surface area contributed by atoms with E-state index in [0.717, 1.165) is 58.0 Å². The predicted molar refractivity (Wildman–Crippen MR) is 123 cm³/mol. The molecule has 0 fully saturated rings. The van der Waals surface area contributed by atoms with Gasteiger partial charge in [-0.15, -0.1) is 11.3 Å². The summed E-state index contributed by atoms with van der Waals surface area (Å²) in [6.45, 7) is 2.78. The fourth-order valence-corrected chi connectivity index (χ4v) is 5.30. The molecule has 158 valence electrons. The minimum Gasteiger partial charge on any atom is -0.454 e. The van der Waals surface area contributed by atoms with Crippen LogP contribution < -0.4 is 14.8 Å². The highest BCUT2D eigenvalue weighted by Gasteiger charge is 2.25. The summed E-state index contributed by atoms with van der Waals surface area (Å²) in [4.78, 5) is 19.3. The van der Waals surface area contributed by atoms with Gasteiger partial charge in [0.15, 0.2) is 11.5 Å². The van der Waals surface area contributed by atoms with E-state index in [1.165, 1.54) is 16.9 Å². The first kappa shape index (κ1) is 19.8. The van der Waals surface area contributed by atoms with E-state index < -0.39 is 0 Å². The van der Waals surface area contributed by atoms with Crippen molar-refractivity contribution in [2.24, 2.45) is 4.99 Å². The average molecular weight is 433 g/mol. The Labute approximate surface area is 185 Å². The van der Waals surface area contributed by atoms with Crippen molar-refractivity contribution in [3.63, 3.8) is 0 Å². The number of thiophene rings is 1. The number of benzene rings is 2. The standard InChI is InChI=1S/C25H24N2O3S/c1-16-11-20-21(30-15-29-20)12-18(16)14-27-25-23(19-9-5-6-10-22(19)31-25)24(28)26-13-17-7-3-2-4-8-17/h2-4,7-8,11-12,14H,5-6,9-10,13,15H2,1H3,(H,26,28)/b27-14+. The summed E-state index contributed by atoms with van der Waals surface area (Å²) in [6, 6.07) is 13.9. The van der Waals surface area contributed by atoms with Crippen LogP contribution >= 0.6 is 11.3 Å². The molecule has 3 aromatic rings. The number of nitrogens with zero attached hydrogens (tertiary/aromatic N) is 1. The smallest absolute Gasteiger partial charge is 0.254 e. The number of hydrogen-bond donors (Lipinski definition) is 1. The number of carbonyl (C=O) groups excluding carboxylic acids is 1. The van der Waals surface area contributed by atoms with Crippen molar-refractivity contribution in [3.8, 4) is 11.5 Å². The lowest BCUT2D eigenvalue weighted by atomic mass is 9.95. The van der Waals surface area contributed by atoms with Gasteiger partial charge in [0.05, 0.1) is 5.56 Å². The molecule has 0 bridgehead atoms. The van der Waals surface area contributed by atoms with E-state index in [0.29, 0.717) is 6.54 Å². The number of fused-ring (bicyclic) bond motifs is 2. The normalized spacial score (nSPS) is 14.6. The number of amides is 1. The van der Waals surface area contributed by atoms with E-state index in [1.54, 1.807) is 11.3 Å². The maximum Gasteiger partial charge on any atom is 0.254 e. The number of aryl methyl sites for hydroxylation is 2. The van der Waals surface area contributed by atoms with Crippen LogP contribution in [0.25, 0.3) is 0 Å². The lowest BCUT2D eigenvalue weighted by Crippen LogP contribution is -2.24. The predicted octanol–water partition coefficient (Wildman–Crippen LogP) is 5.34. The molecule has 1 N–H and O–H groups in total. The Kier molecular flexibility index (Phi) is 5.47. The first-order chi connectivity index (χ1) is 15.2. The van der Waals surface area contributed by atoms with Crippen molar-refractivity contribution in [2.75, 3.05) is 6.79 Å². The minimum atomic E-state index is -0.0437. The molecule has 2 heterocycles. The summed E-state index contributed by atoms with van der Waals surface area (Å²) in [5.41, 5.74) is 5.03. The zero-order valence-electron chi connectivity index (χ0n) is 17.4. The minimum absolute atomic E-state index is 0.0437. The molecule has 0 radical (unpaired) electrons. The molecule has 31 heavy (non-hydrogen) atoms. The second-order valence-electron chi connectivity index (χ2n) is 7.88. The molecule has 1 amide bonds. The second-order valence-corrected chi connectivity index (χ2v) is 8.96. The molecule has 0 saturated heterocycles. The lowest BCUT2D eigenvalue weighted by Gasteiger charge is -2.13. The monoisotopic (exact) mass is 432 g/mol. The highest BCUT2D eigenvalue weighted by Crippen LogP contribution is 2.40. The molecule has 2 aliphatic rings. The summed E-state index contributed by atoms with van der Waals surface area (Å²) in [7, 11) is 0. The fourth-order valence-electron chi connectivity index (χ4n) is 4.07. The van der Waals surface area contributed by atoms with Crippen molar-refractivity contribution in [3.05, 3.63) is 75.2 Å². The van der Waals surface area contributed by atoms with Gasteiger partial charge < -0.3 is 14.8 Å². The largest absolute Gasteiger partial charge is 0.454 e. The molecule has 1 aromatic heterocycles. The van der Waals surface area contributed by atoms with Gasteiger partial charge in [0.1, 0.15) is 5.00 Å². The van der Waals surface area contributed by atoms with Gasteiger partial charge in [-0.1, -0.05) is 30.3 Å². The van der Waals surface area contributed by atoms with Crippen LogP contribution in [0.5, 0.6) is 11.5 Å². The maximum atomic E-state index is 13.2. The van der Waals surface area contributed by atoms with Gasteiger partial charge in [0.2, 0.25) is 6.79 Å². The molecule has 2 aromatic carbocycles. The summed E-state index contributed by atoms with van der Waals surface area (Å²) in [5.74, 6) is 1.46. The first-order valence-corrected chi connectivity index (χ1v) is 11.4. The van der Waals surface area contributed by atoms with E-state index >= 15 is 0 Å². The van der Waals surface area contributed by atoms with Gasteiger partial charge in [0, 0.05) is 17.6 Å². The van der Waals surface area contributed by atoms with E-state index in [9.17, 15) is 4.79 Å². The van der Waals surface area contributed by atoms with Crippen LogP contribution in [0.2, 0.25) is 0 Å². The Hall–Kier alpha value is -3.12. The van der Waals surface area contributed by atoms with Gasteiger partial charge >= 0.3 is 0 Å². The van der Waals surface area contributed by atoms with Crippen molar-refractivity contribution in [1.82, 2.24) is 5.32 Å². The zero-order valence-corrected chi connectivity index (χ0v) is 18.3. The highest BCUT2D eigenvalue weighted by atomic mass is 32.1. The Morgan fingerprint density at radius 2 is 1.90 bits per heavy atom. The Morgan fingerprint density at radius 1 is 1.13 bits per heavy atom. The molecule has 5 rings (SSSR count). The third-order valence-corrected chi connectivity index (χ3v) is 6.96. The Balaban J connectivity index is 1.44. The van der Waals surface area contributed by atoms with E-state index in [-0.39, 0.29) is 12.7 Å². The molecule has 1 aliphatic carbocycles. The third-order valence-electron chi connectivity index (χ3n) is 5.76. The Morgan fingerprint density at radius 3 is 2.74 bits per heavy atom. The number of aliphatic imine (C=N–C) groups is 1. The van der Waals surface area contributed by atoms with Crippen LogP contribution in [0.4, 0.5) is 5.00 Å². The summed E-state index contributed by atoms with van der Waals surface area (Å²) >= 11 is 1.65. The van der Waals surface area contributed by atoms with Gasteiger partial charge in [0.25, 0.3) is 5.91 Å². The molecule has 5 nitrogen and oxygen atoms in total. The molecule has 0 saturated carbocycles. The van der Waals surface area contributed by atoms with Gasteiger partial charge in [-0.05, 0) is 67.0 Å². The van der Waals surface area contributed by atoms with Crippen molar-refractivity contribution >= 4 is 28.5 Å². The van der Waals surface area contributed by atoms with Crippen molar-refractivity contribution in [1.29, 1.82) is 0 Å². The van der Waals surface area contributed by atoms with Crippen LogP contribution in [-0.2, 0) is 19.4 Å². The van der Waals surface area contributed by atoms with Gasteiger partial charge in [-0.25, -0.2) is 4.99 Å². The molecule has 1 aliphatic heterocycles. The average Bonchev–Trinajstić information content (AvgIpc) is 3.40. The topological polar surface area (TPSA) is 59.9 Å². The van der Waals surface area contributed by atoms with Crippen LogP contribution in [-0.4, -0.2) is 18.9 Å². The van der Waals surface area contributed by atoms with E-state index in [1.807, 2.05) is 55.6 Å². The number of rotatable bonds is 5. The molecular formula is C25H24N2O3S. The SMILES string of the molecule is Cc1cc2c(cc1/C=N/c1sc3c(c1C(=O)NCc1ccccc1)CCCC3)OCO2. The van der Waals surface area contributed by atoms with Crippen LogP contribution in [0, 0.1) is 6.92 Å². The zero-order chi connectivity index (χ0) is 21.2. The summed E-state index contributed by atoms with van der Waals surface area (Å²) < 4.78 is 11.0. The van der Waals surface area contributed by atoms with Crippen LogP contribution in [0.3, 0.4) is 0 Å². The number of carbonyl (C=O) groups is 1. The van der Waals surface area contributed by atoms with Crippen molar-refractivity contribution < 1.29 is 14.3 Å². The number of nitrogens with one attached hydrogen (secondary N) is 1. The van der Waals surface area contributed by atoms with Gasteiger partial charge in [-0.3, -0.25) is 4.79 Å². The highest BCUT2D eigenvalue weighted by molar-refractivity contribution is 7.16. The van der Waals surface area contributed by atoms with E-state index in [4.69, 9.17) is 14.5 Å². The summed E-state index contributed by atoms with van der Waals surface area (Å²) in [6.07, 6.45) is 6.09. The Bertz CT molecular complexity index is 1150. The molecule has 6 heteroatoms. The number of hydrogen-bond acceptors (Lipinski definition) is 5. The maximum absolute atomic E-state index is 13.2. The molecule has 0 spiro atoms. The lowest BCUT2D eigenvalue weighted by molar-refractivity contribution is 0.0951. The van der Waals surface area contributed by atoms with E-state index in [2.05, 4.69) is 5.32 Å². The fraction of sp³-hybridized carbons (Fsp3) is 0.280. The second kappa shape index (κ2) is 8.55. The first-order valence-electron chi connectivity index (χ1n) is 10.6. The summed E-state index contributed by atoms with van der Waals surface area (Å²) in [5, 5.41) is 3.88. The van der Waals surface area contributed by atoms with Crippen molar-refractivity contribution in [2.45, 2.75) is 39.2 Å². The quantitative estimate of drug-likeness (QED) is 0.553. The molecule has 0 unspecified atom stereocenters. The third kappa shape index (κ3) is 4.08.